The molecular weight excluding hydrogens is 288 g/mol. The fraction of sp³-hybridized carbons (Fsp3) is 0.600. The minimum Gasteiger partial charge on any atom is -0.462 e. The van der Waals surface area contributed by atoms with E-state index in [9.17, 15) is 9.59 Å². The summed E-state index contributed by atoms with van der Waals surface area (Å²) >= 11 is 1.30. The molecule has 6 heteroatoms. The maximum Gasteiger partial charge on any atom is 0.343 e. The second-order valence-electron chi connectivity index (χ2n) is 6.14. The molecule has 1 aromatic rings. The second kappa shape index (κ2) is 5.67. The van der Waals surface area contributed by atoms with Crippen LogP contribution in [0.3, 0.4) is 0 Å². The fourth-order valence-corrected chi connectivity index (χ4v) is 3.73. The zero-order chi connectivity index (χ0) is 15.8. The first-order chi connectivity index (χ1) is 9.76. The first kappa shape index (κ1) is 15.8. The van der Waals surface area contributed by atoms with Crippen LogP contribution >= 0.6 is 11.3 Å². The zero-order valence-corrected chi connectivity index (χ0v) is 13.8. The Balaban J connectivity index is 2.46. The predicted octanol–water partition coefficient (Wildman–Crippen LogP) is 2.95. The third-order valence-corrected chi connectivity index (χ3v) is 5.06. The van der Waals surface area contributed by atoms with Crippen molar-refractivity contribution in [2.24, 2.45) is 5.41 Å². The van der Waals surface area contributed by atoms with Crippen molar-refractivity contribution in [3.63, 3.8) is 0 Å². The zero-order valence-electron chi connectivity index (χ0n) is 13.0. The van der Waals surface area contributed by atoms with Crippen LogP contribution in [0, 0.1) is 5.41 Å². The van der Waals surface area contributed by atoms with Gasteiger partial charge in [0.15, 0.2) is 5.78 Å². The van der Waals surface area contributed by atoms with Crippen molar-refractivity contribution in [2.45, 2.75) is 34.1 Å². The van der Waals surface area contributed by atoms with Crippen molar-refractivity contribution in [1.82, 2.24) is 0 Å². The monoisotopic (exact) mass is 310 g/mol. The first-order valence-electron chi connectivity index (χ1n) is 7.12. The van der Waals surface area contributed by atoms with Gasteiger partial charge in [0, 0.05) is 20.0 Å². The Labute approximate surface area is 129 Å². The van der Waals surface area contributed by atoms with E-state index >= 15 is 0 Å². The molecule has 0 saturated carbocycles. The van der Waals surface area contributed by atoms with Crippen LogP contribution in [-0.2, 0) is 4.74 Å². The van der Waals surface area contributed by atoms with Gasteiger partial charge in [-0.25, -0.2) is 4.79 Å². The van der Waals surface area contributed by atoms with Crippen molar-refractivity contribution < 1.29 is 14.3 Å². The average molecular weight is 310 g/mol. The molecule has 1 aromatic heterocycles. The van der Waals surface area contributed by atoms with Crippen molar-refractivity contribution in [1.29, 1.82) is 0 Å². The molecule has 2 N–H and O–H groups in total. The van der Waals surface area contributed by atoms with Gasteiger partial charge in [-0.05, 0) is 18.8 Å². The number of esters is 1. The van der Waals surface area contributed by atoms with E-state index in [2.05, 4.69) is 18.7 Å². The molecule has 1 aliphatic heterocycles. The highest BCUT2D eigenvalue weighted by atomic mass is 32.1. The molecular formula is C15H22N2O3S. The summed E-state index contributed by atoms with van der Waals surface area (Å²) in [4.78, 5) is 26.5. The Morgan fingerprint density at radius 3 is 2.57 bits per heavy atom. The number of anilines is 2. The molecule has 0 unspecified atom stereocenters. The van der Waals surface area contributed by atoms with E-state index in [1.165, 1.54) is 18.3 Å². The van der Waals surface area contributed by atoms with Crippen molar-refractivity contribution in [2.75, 3.05) is 30.3 Å². The molecule has 1 fully saturated rings. The molecule has 0 amide bonds. The van der Waals surface area contributed by atoms with E-state index in [1.54, 1.807) is 6.92 Å². The summed E-state index contributed by atoms with van der Waals surface area (Å²) in [6.07, 6.45) is 1.04. The van der Waals surface area contributed by atoms with E-state index in [0.717, 1.165) is 24.5 Å². The van der Waals surface area contributed by atoms with Gasteiger partial charge in [-0.3, -0.25) is 4.79 Å². The quantitative estimate of drug-likeness (QED) is 0.684. The molecule has 0 aliphatic carbocycles. The number of carbonyl (C=O) groups is 2. The van der Waals surface area contributed by atoms with Gasteiger partial charge < -0.3 is 15.4 Å². The maximum absolute atomic E-state index is 12.2. The number of Topliss-reactive ketones (excluding diaryl/α,β-unsaturated/α-hetero) is 1. The van der Waals surface area contributed by atoms with Gasteiger partial charge in [-0.15, -0.1) is 11.3 Å². The van der Waals surface area contributed by atoms with Crippen LogP contribution < -0.4 is 10.6 Å². The topological polar surface area (TPSA) is 72.6 Å². The Morgan fingerprint density at radius 2 is 2.10 bits per heavy atom. The molecule has 0 spiro atoms. The first-order valence-corrected chi connectivity index (χ1v) is 7.93. The molecule has 0 aromatic carbocycles. The van der Waals surface area contributed by atoms with Crippen LogP contribution in [-0.4, -0.2) is 31.4 Å². The number of ketones is 1. The lowest BCUT2D eigenvalue weighted by atomic mass is 9.93. The Kier molecular flexibility index (Phi) is 4.27. The molecule has 2 heterocycles. The van der Waals surface area contributed by atoms with Gasteiger partial charge in [0.05, 0.1) is 17.2 Å². The normalized spacial score (nSPS) is 17.0. The highest BCUT2D eigenvalue weighted by molar-refractivity contribution is 7.19. The minimum absolute atomic E-state index is 0.118. The summed E-state index contributed by atoms with van der Waals surface area (Å²) in [5.41, 5.74) is 6.84. The number of nitrogen functional groups attached to an aromatic ring is 1. The lowest BCUT2D eigenvalue weighted by molar-refractivity contribution is 0.0529. The van der Waals surface area contributed by atoms with Gasteiger partial charge in [-0.2, -0.15) is 0 Å². The van der Waals surface area contributed by atoms with Crippen LogP contribution in [0.25, 0.3) is 0 Å². The SMILES string of the molecule is CCOC(=O)c1c(N2CCC(C)(C)C2)sc(C(C)=O)c1N. The summed E-state index contributed by atoms with van der Waals surface area (Å²) in [7, 11) is 0. The number of nitrogens with zero attached hydrogens (tertiary/aromatic N) is 1. The lowest BCUT2D eigenvalue weighted by Gasteiger charge is -2.21. The third-order valence-electron chi connectivity index (χ3n) is 3.69. The maximum atomic E-state index is 12.2. The Hall–Kier alpha value is -1.56. The van der Waals surface area contributed by atoms with Gasteiger partial charge >= 0.3 is 5.97 Å². The van der Waals surface area contributed by atoms with Crippen molar-refractivity contribution >= 4 is 33.8 Å². The molecule has 0 atom stereocenters. The van der Waals surface area contributed by atoms with Crippen LogP contribution in [0.15, 0.2) is 0 Å². The van der Waals surface area contributed by atoms with Crippen molar-refractivity contribution in [3.05, 3.63) is 10.4 Å². The number of hydrogen-bond acceptors (Lipinski definition) is 6. The summed E-state index contributed by atoms with van der Waals surface area (Å²) in [5.74, 6) is -0.564. The minimum atomic E-state index is -0.446. The number of rotatable bonds is 4. The van der Waals surface area contributed by atoms with Crippen LogP contribution in [0.4, 0.5) is 10.7 Å². The molecule has 21 heavy (non-hydrogen) atoms. The number of hydrogen-bond donors (Lipinski definition) is 1. The number of ether oxygens (including phenoxy) is 1. The average Bonchev–Trinajstić information content (AvgIpc) is 2.89. The van der Waals surface area contributed by atoms with E-state index in [4.69, 9.17) is 10.5 Å². The largest absolute Gasteiger partial charge is 0.462 e. The molecule has 0 radical (unpaired) electrons. The molecule has 0 bridgehead atoms. The highest BCUT2D eigenvalue weighted by Crippen LogP contribution is 2.43. The summed E-state index contributed by atoms with van der Waals surface area (Å²) in [6.45, 7) is 9.60. The summed E-state index contributed by atoms with van der Waals surface area (Å²) in [6, 6.07) is 0. The molecule has 2 rings (SSSR count). The predicted molar refractivity (Wildman–Crippen MR) is 85.3 cm³/mol. The van der Waals surface area contributed by atoms with E-state index in [0.29, 0.717) is 10.4 Å². The highest BCUT2D eigenvalue weighted by Gasteiger charge is 2.35. The van der Waals surface area contributed by atoms with Crippen LogP contribution in [0.5, 0.6) is 0 Å². The van der Waals surface area contributed by atoms with Gasteiger partial charge in [0.2, 0.25) is 0 Å². The number of carbonyl (C=O) groups excluding carboxylic acids is 2. The smallest absolute Gasteiger partial charge is 0.343 e. The Bertz CT molecular complexity index is 578. The number of nitrogens with two attached hydrogens (primary N) is 1. The summed E-state index contributed by atoms with van der Waals surface area (Å²) < 4.78 is 5.10. The van der Waals surface area contributed by atoms with E-state index in [-0.39, 0.29) is 23.5 Å². The molecule has 1 saturated heterocycles. The number of thiophene rings is 1. The van der Waals surface area contributed by atoms with E-state index in [1.807, 2.05) is 0 Å². The van der Waals surface area contributed by atoms with E-state index < -0.39 is 5.97 Å². The third kappa shape index (κ3) is 3.05. The van der Waals surface area contributed by atoms with Gasteiger partial charge in [-0.1, -0.05) is 13.8 Å². The van der Waals surface area contributed by atoms with Gasteiger partial charge in [0.25, 0.3) is 0 Å². The van der Waals surface area contributed by atoms with Crippen LogP contribution in [0.2, 0.25) is 0 Å². The second-order valence-corrected chi connectivity index (χ2v) is 7.14. The molecule has 5 nitrogen and oxygen atoms in total. The van der Waals surface area contributed by atoms with Gasteiger partial charge in [0.1, 0.15) is 10.6 Å². The summed E-state index contributed by atoms with van der Waals surface area (Å²) in [5, 5.41) is 0.765. The molecule has 116 valence electrons. The lowest BCUT2D eigenvalue weighted by Crippen LogP contribution is -2.24. The fourth-order valence-electron chi connectivity index (χ4n) is 2.60. The standard InChI is InChI=1S/C15H22N2O3S/c1-5-20-14(19)10-11(16)12(9(2)18)21-13(10)17-7-6-15(3,4)8-17/h5-8,16H2,1-4H3. The van der Waals surface area contributed by atoms with Crippen LogP contribution in [0.1, 0.15) is 54.1 Å². The Morgan fingerprint density at radius 1 is 1.43 bits per heavy atom. The van der Waals surface area contributed by atoms with Crippen molar-refractivity contribution in [3.8, 4) is 0 Å². The molecule has 1 aliphatic rings.